The summed E-state index contributed by atoms with van der Waals surface area (Å²) in [5.41, 5.74) is 3.02. The van der Waals surface area contributed by atoms with Gasteiger partial charge in [0, 0.05) is 16.6 Å². The van der Waals surface area contributed by atoms with Crippen molar-refractivity contribution in [1.82, 2.24) is 4.98 Å². The molecule has 102 valence electrons. The molecule has 0 radical (unpaired) electrons. The Kier molecular flexibility index (Phi) is 2.82. The smallest absolute Gasteiger partial charge is 0.354 e. The molecule has 1 N–H and O–H groups in total. The van der Waals surface area contributed by atoms with E-state index in [2.05, 4.69) is 4.98 Å². The molecule has 0 saturated carbocycles. The highest BCUT2D eigenvalue weighted by atomic mass is 19.4. The third-order valence-electron chi connectivity index (χ3n) is 3.47. The van der Waals surface area contributed by atoms with E-state index >= 15 is 0 Å². The minimum Gasteiger partial charge on any atom is -0.354 e. The maximum atomic E-state index is 12.6. The summed E-state index contributed by atoms with van der Waals surface area (Å²) in [5, 5.41) is 1.09. The van der Waals surface area contributed by atoms with Crippen molar-refractivity contribution < 1.29 is 13.2 Å². The molecule has 1 nitrogen and oxygen atoms in total. The molecule has 0 aliphatic carbocycles. The molecule has 3 rings (SSSR count). The average molecular weight is 275 g/mol. The number of halogens is 3. The second-order valence-corrected chi connectivity index (χ2v) is 4.75. The Morgan fingerprint density at radius 3 is 2.15 bits per heavy atom. The van der Waals surface area contributed by atoms with Gasteiger partial charge in [0.2, 0.25) is 0 Å². The first kappa shape index (κ1) is 12.8. The number of H-pyrrole nitrogens is 1. The SMILES string of the molecule is Cc1c(-c2ccc(C(F)(F)F)cc2)[nH]c2ccccc12. The molecule has 0 spiro atoms. The molecule has 2 aromatic carbocycles. The second kappa shape index (κ2) is 4.40. The van der Waals surface area contributed by atoms with E-state index in [1.54, 1.807) is 0 Å². The van der Waals surface area contributed by atoms with Gasteiger partial charge < -0.3 is 4.98 Å². The summed E-state index contributed by atoms with van der Waals surface area (Å²) in [4.78, 5) is 3.26. The van der Waals surface area contributed by atoms with Gasteiger partial charge in [-0.15, -0.1) is 0 Å². The van der Waals surface area contributed by atoms with E-state index in [0.717, 1.165) is 39.9 Å². The van der Waals surface area contributed by atoms with Crippen molar-refractivity contribution >= 4 is 10.9 Å². The van der Waals surface area contributed by atoms with Gasteiger partial charge in [0.15, 0.2) is 0 Å². The van der Waals surface area contributed by atoms with Crippen LogP contribution in [-0.2, 0) is 6.18 Å². The van der Waals surface area contributed by atoms with Gasteiger partial charge in [-0.2, -0.15) is 13.2 Å². The van der Waals surface area contributed by atoms with Crippen molar-refractivity contribution in [3.05, 3.63) is 59.7 Å². The van der Waals surface area contributed by atoms with E-state index in [-0.39, 0.29) is 0 Å². The van der Waals surface area contributed by atoms with Crippen LogP contribution in [-0.4, -0.2) is 4.98 Å². The van der Waals surface area contributed by atoms with E-state index < -0.39 is 11.7 Å². The van der Waals surface area contributed by atoms with Gasteiger partial charge in [-0.1, -0.05) is 30.3 Å². The lowest BCUT2D eigenvalue weighted by Gasteiger charge is -2.07. The molecule has 3 aromatic rings. The molecule has 1 heterocycles. The lowest BCUT2D eigenvalue weighted by molar-refractivity contribution is -0.137. The molecule has 20 heavy (non-hydrogen) atoms. The van der Waals surface area contributed by atoms with Crippen LogP contribution in [0.3, 0.4) is 0 Å². The molecule has 0 aliphatic rings. The number of nitrogens with one attached hydrogen (secondary N) is 1. The zero-order valence-corrected chi connectivity index (χ0v) is 10.8. The van der Waals surface area contributed by atoms with Crippen molar-refractivity contribution in [3.63, 3.8) is 0 Å². The van der Waals surface area contributed by atoms with E-state index in [9.17, 15) is 13.2 Å². The third kappa shape index (κ3) is 2.07. The zero-order chi connectivity index (χ0) is 14.3. The van der Waals surface area contributed by atoms with Gasteiger partial charge >= 0.3 is 6.18 Å². The predicted octanol–water partition coefficient (Wildman–Crippen LogP) is 5.16. The minimum absolute atomic E-state index is 0.630. The van der Waals surface area contributed by atoms with Crippen LogP contribution in [0.25, 0.3) is 22.2 Å². The first-order chi connectivity index (χ1) is 9.47. The summed E-state index contributed by atoms with van der Waals surface area (Å²) in [6.07, 6.45) is -4.30. The zero-order valence-electron chi connectivity index (χ0n) is 10.8. The molecule has 0 aliphatic heterocycles. The van der Waals surface area contributed by atoms with Gasteiger partial charge in [0.25, 0.3) is 0 Å². The summed E-state index contributed by atoms with van der Waals surface area (Å²) in [6.45, 7) is 1.96. The lowest BCUT2D eigenvalue weighted by atomic mass is 10.0. The van der Waals surface area contributed by atoms with E-state index in [0.29, 0.717) is 0 Å². The number of benzene rings is 2. The highest BCUT2D eigenvalue weighted by Crippen LogP contribution is 2.33. The van der Waals surface area contributed by atoms with Crippen LogP contribution >= 0.6 is 0 Å². The standard InChI is InChI=1S/C16H12F3N/c1-10-13-4-2-3-5-14(13)20-15(10)11-6-8-12(9-7-11)16(17,18)19/h2-9,20H,1H3. The Bertz CT molecular complexity index is 751. The number of aromatic amines is 1. The molecule has 0 fully saturated rings. The average Bonchev–Trinajstić information content (AvgIpc) is 2.76. The Labute approximate surface area is 114 Å². The van der Waals surface area contributed by atoms with Crippen LogP contribution in [0.2, 0.25) is 0 Å². The predicted molar refractivity (Wildman–Crippen MR) is 73.5 cm³/mol. The third-order valence-corrected chi connectivity index (χ3v) is 3.47. The fraction of sp³-hybridized carbons (Fsp3) is 0.125. The summed E-state index contributed by atoms with van der Waals surface area (Å²) < 4.78 is 37.7. The quantitative estimate of drug-likeness (QED) is 0.631. The molecular weight excluding hydrogens is 263 g/mol. The van der Waals surface area contributed by atoms with Gasteiger partial charge in [0.05, 0.1) is 5.56 Å². The van der Waals surface area contributed by atoms with E-state index in [1.165, 1.54) is 12.1 Å². The molecular formula is C16H12F3N. The van der Waals surface area contributed by atoms with Crippen LogP contribution in [0.5, 0.6) is 0 Å². The number of hydrogen-bond acceptors (Lipinski definition) is 0. The molecule has 4 heteroatoms. The van der Waals surface area contributed by atoms with E-state index in [1.807, 2.05) is 31.2 Å². The number of rotatable bonds is 1. The minimum atomic E-state index is -4.30. The normalized spacial score (nSPS) is 12.0. The topological polar surface area (TPSA) is 15.8 Å². The largest absolute Gasteiger partial charge is 0.416 e. The highest BCUT2D eigenvalue weighted by Gasteiger charge is 2.30. The second-order valence-electron chi connectivity index (χ2n) is 4.75. The molecule has 1 aromatic heterocycles. The first-order valence-electron chi connectivity index (χ1n) is 6.22. The summed E-state index contributed by atoms with van der Waals surface area (Å²) >= 11 is 0. The molecule has 0 bridgehead atoms. The molecule has 0 atom stereocenters. The van der Waals surface area contributed by atoms with Crippen molar-refractivity contribution in [3.8, 4) is 11.3 Å². The van der Waals surface area contributed by atoms with Gasteiger partial charge in [-0.3, -0.25) is 0 Å². The molecule has 0 saturated heterocycles. The van der Waals surface area contributed by atoms with Crippen LogP contribution in [0, 0.1) is 6.92 Å². The monoisotopic (exact) mass is 275 g/mol. The van der Waals surface area contributed by atoms with Gasteiger partial charge in [-0.25, -0.2) is 0 Å². The number of aryl methyl sites for hydroxylation is 1. The highest BCUT2D eigenvalue weighted by molar-refractivity contribution is 5.90. The Morgan fingerprint density at radius 2 is 1.55 bits per heavy atom. The molecule has 0 amide bonds. The van der Waals surface area contributed by atoms with Gasteiger partial charge in [-0.05, 0) is 36.2 Å². The van der Waals surface area contributed by atoms with Crippen molar-refractivity contribution in [2.45, 2.75) is 13.1 Å². The first-order valence-corrected chi connectivity index (χ1v) is 6.22. The van der Waals surface area contributed by atoms with Crippen LogP contribution in [0.4, 0.5) is 13.2 Å². The molecule has 0 unspecified atom stereocenters. The number of hydrogen-bond donors (Lipinski definition) is 1. The fourth-order valence-electron chi connectivity index (χ4n) is 2.40. The summed E-state index contributed by atoms with van der Waals surface area (Å²) in [5.74, 6) is 0. The number of aromatic nitrogens is 1. The van der Waals surface area contributed by atoms with Crippen LogP contribution in [0.15, 0.2) is 48.5 Å². The maximum absolute atomic E-state index is 12.6. The Balaban J connectivity index is 2.09. The van der Waals surface area contributed by atoms with E-state index in [4.69, 9.17) is 0 Å². The van der Waals surface area contributed by atoms with Crippen LogP contribution < -0.4 is 0 Å². The van der Waals surface area contributed by atoms with Crippen LogP contribution in [0.1, 0.15) is 11.1 Å². The lowest BCUT2D eigenvalue weighted by Crippen LogP contribution is -2.04. The number of para-hydroxylation sites is 1. The van der Waals surface area contributed by atoms with Crippen molar-refractivity contribution in [2.75, 3.05) is 0 Å². The van der Waals surface area contributed by atoms with Crippen molar-refractivity contribution in [2.24, 2.45) is 0 Å². The maximum Gasteiger partial charge on any atom is 0.416 e. The fourth-order valence-corrected chi connectivity index (χ4v) is 2.40. The summed E-state index contributed by atoms with van der Waals surface area (Å²) in [6, 6.07) is 13.0. The Hall–Kier alpha value is -2.23. The van der Waals surface area contributed by atoms with Gasteiger partial charge in [0.1, 0.15) is 0 Å². The number of fused-ring (bicyclic) bond motifs is 1. The van der Waals surface area contributed by atoms with Crippen molar-refractivity contribution in [1.29, 1.82) is 0 Å². The number of alkyl halides is 3. The Morgan fingerprint density at radius 1 is 0.900 bits per heavy atom. The summed E-state index contributed by atoms with van der Waals surface area (Å²) in [7, 11) is 0.